The predicted molar refractivity (Wildman–Crippen MR) is 89.0 cm³/mol. The van der Waals surface area contributed by atoms with E-state index in [-0.39, 0.29) is 19.0 Å². The van der Waals surface area contributed by atoms with Gasteiger partial charge in [0.05, 0.1) is 23.9 Å². The summed E-state index contributed by atoms with van der Waals surface area (Å²) in [5.41, 5.74) is 0.637. The summed E-state index contributed by atoms with van der Waals surface area (Å²) in [5, 5.41) is 13.9. The van der Waals surface area contributed by atoms with E-state index in [2.05, 4.69) is 10.1 Å². The molecule has 8 nitrogen and oxygen atoms in total. The van der Waals surface area contributed by atoms with Crippen molar-refractivity contribution in [2.24, 2.45) is 0 Å². The first-order chi connectivity index (χ1) is 12.0. The molecular formula is C16H17ClN4O4. The lowest BCUT2D eigenvalue weighted by atomic mass is 10.2. The van der Waals surface area contributed by atoms with Crippen LogP contribution in [0.3, 0.4) is 0 Å². The van der Waals surface area contributed by atoms with Gasteiger partial charge in [0.1, 0.15) is 5.82 Å². The molecule has 1 aromatic heterocycles. The number of aromatic nitrogens is 3. The van der Waals surface area contributed by atoms with E-state index in [0.29, 0.717) is 29.5 Å². The Balaban J connectivity index is 1.89. The number of benzene rings is 1. The summed E-state index contributed by atoms with van der Waals surface area (Å²) in [6.07, 6.45) is -0.471. The van der Waals surface area contributed by atoms with Gasteiger partial charge in [0.2, 0.25) is 5.82 Å². The van der Waals surface area contributed by atoms with Gasteiger partial charge in [-0.3, -0.25) is 4.79 Å². The van der Waals surface area contributed by atoms with Crippen LogP contribution in [0, 0.1) is 0 Å². The van der Waals surface area contributed by atoms with E-state index in [9.17, 15) is 9.59 Å². The van der Waals surface area contributed by atoms with Gasteiger partial charge in [-0.05, 0) is 12.1 Å². The van der Waals surface area contributed by atoms with Crippen LogP contribution in [0.15, 0.2) is 24.3 Å². The van der Waals surface area contributed by atoms with Gasteiger partial charge in [-0.1, -0.05) is 30.7 Å². The molecule has 2 heterocycles. The topological polar surface area (TPSA) is 97.6 Å². The Morgan fingerprint density at radius 3 is 2.84 bits per heavy atom. The number of hydrogen-bond acceptors (Lipinski definition) is 5. The number of ether oxygens (including phenoxy) is 1. The molecule has 132 valence electrons. The number of amides is 1. The number of halogens is 1. The lowest BCUT2D eigenvalue weighted by Gasteiger charge is -2.29. The van der Waals surface area contributed by atoms with Crippen LogP contribution in [0.2, 0.25) is 5.02 Å². The lowest BCUT2D eigenvalue weighted by Crippen LogP contribution is -2.48. The monoisotopic (exact) mass is 364 g/mol. The average molecular weight is 365 g/mol. The molecule has 1 atom stereocenters. The van der Waals surface area contributed by atoms with Gasteiger partial charge in [0, 0.05) is 13.0 Å². The van der Waals surface area contributed by atoms with Crippen LogP contribution in [-0.4, -0.2) is 62.4 Å². The van der Waals surface area contributed by atoms with E-state index in [1.54, 1.807) is 22.9 Å². The summed E-state index contributed by atoms with van der Waals surface area (Å²) in [4.78, 5) is 29.4. The molecule has 1 fully saturated rings. The Kier molecular flexibility index (Phi) is 5.00. The normalized spacial score (nSPS) is 17.5. The van der Waals surface area contributed by atoms with Gasteiger partial charge in [0.25, 0.3) is 5.91 Å². The fraction of sp³-hybridized carbons (Fsp3) is 0.375. The molecule has 2 aromatic rings. The molecule has 0 bridgehead atoms. The third kappa shape index (κ3) is 3.49. The minimum absolute atomic E-state index is 0.0165. The third-order valence-electron chi connectivity index (χ3n) is 3.89. The predicted octanol–water partition coefficient (Wildman–Crippen LogP) is 1.41. The van der Waals surface area contributed by atoms with Gasteiger partial charge < -0.3 is 14.7 Å². The molecule has 1 aromatic carbocycles. The number of carbonyl (C=O) groups excluding carboxylic acids is 1. The summed E-state index contributed by atoms with van der Waals surface area (Å²) >= 11 is 6.21. The van der Waals surface area contributed by atoms with Gasteiger partial charge in [0.15, 0.2) is 6.10 Å². The van der Waals surface area contributed by atoms with Crippen molar-refractivity contribution in [3.05, 3.63) is 40.9 Å². The number of carboxylic acid groups (broad SMARTS) is 1. The largest absolute Gasteiger partial charge is 0.479 e. The van der Waals surface area contributed by atoms with E-state index in [0.717, 1.165) is 0 Å². The van der Waals surface area contributed by atoms with E-state index in [4.69, 9.17) is 21.4 Å². The highest BCUT2D eigenvalue weighted by Gasteiger charge is 2.31. The summed E-state index contributed by atoms with van der Waals surface area (Å²) < 4.78 is 6.68. The van der Waals surface area contributed by atoms with E-state index < -0.39 is 18.0 Å². The Morgan fingerprint density at radius 2 is 2.16 bits per heavy atom. The second kappa shape index (κ2) is 7.20. The van der Waals surface area contributed by atoms with Crippen molar-refractivity contribution in [3.8, 4) is 5.69 Å². The number of para-hydroxylation sites is 1. The number of aliphatic carboxylic acids is 1. The van der Waals surface area contributed by atoms with Gasteiger partial charge in [-0.15, -0.1) is 5.10 Å². The third-order valence-corrected chi connectivity index (χ3v) is 4.21. The maximum absolute atomic E-state index is 12.7. The number of nitrogens with zero attached hydrogens (tertiary/aromatic N) is 4. The summed E-state index contributed by atoms with van der Waals surface area (Å²) in [6, 6.07) is 7.15. The standard InChI is InChI=1S/C16H17ClN4O4/c1-2-13-18-14(19-21(13)11-6-4-3-5-10(11)17)15(22)20-7-8-25-12(9-20)16(23)24/h3-6,12H,2,7-9H2,1H3,(H,23,24). The minimum Gasteiger partial charge on any atom is -0.479 e. The van der Waals surface area contributed by atoms with Crippen molar-refractivity contribution in [2.45, 2.75) is 19.4 Å². The van der Waals surface area contributed by atoms with Crippen LogP contribution in [0.1, 0.15) is 23.4 Å². The van der Waals surface area contributed by atoms with Crippen molar-refractivity contribution in [1.29, 1.82) is 0 Å². The molecule has 9 heteroatoms. The lowest BCUT2D eigenvalue weighted by molar-refractivity contribution is -0.154. The van der Waals surface area contributed by atoms with Crippen molar-refractivity contribution >= 4 is 23.5 Å². The second-order valence-corrected chi connectivity index (χ2v) is 5.92. The first kappa shape index (κ1) is 17.4. The number of hydrogen-bond donors (Lipinski definition) is 1. The second-order valence-electron chi connectivity index (χ2n) is 5.52. The highest BCUT2D eigenvalue weighted by molar-refractivity contribution is 6.32. The molecule has 25 heavy (non-hydrogen) atoms. The van der Waals surface area contributed by atoms with Crippen LogP contribution in [-0.2, 0) is 16.0 Å². The smallest absolute Gasteiger partial charge is 0.334 e. The fourth-order valence-electron chi connectivity index (χ4n) is 2.60. The van der Waals surface area contributed by atoms with Crippen LogP contribution in [0.25, 0.3) is 5.69 Å². The number of carbonyl (C=O) groups is 2. The molecule has 1 aliphatic heterocycles. The Labute approximate surface area is 149 Å². The first-order valence-corrected chi connectivity index (χ1v) is 8.23. The number of carboxylic acids is 1. The van der Waals surface area contributed by atoms with Gasteiger partial charge in [-0.25, -0.2) is 14.5 Å². The molecular weight excluding hydrogens is 348 g/mol. The quantitative estimate of drug-likeness (QED) is 0.880. The Morgan fingerprint density at radius 1 is 1.40 bits per heavy atom. The molecule has 1 saturated heterocycles. The minimum atomic E-state index is -1.10. The molecule has 0 aliphatic carbocycles. The average Bonchev–Trinajstić information content (AvgIpc) is 3.05. The molecule has 1 N–H and O–H groups in total. The van der Waals surface area contributed by atoms with Crippen molar-refractivity contribution < 1.29 is 19.4 Å². The molecule has 3 rings (SSSR count). The zero-order chi connectivity index (χ0) is 18.0. The maximum atomic E-state index is 12.7. The van der Waals surface area contributed by atoms with Crippen molar-refractivity contribution in [1.82, 2.24) is 19.7 Å². The van der Waals surface area contributed by atoms with Gasteiger partial charge in [-0.2, -0.15) is 0 Å². The zero-order valence-corrected chi connectivity index (χ0v) is 14.3. The number of rotatable bonds is 4. The highest BCUT2D eigenvalue weighted by Crippen LogP contribution is 2.21. The molecule has 1 amide bonds. The summed E-state index contributed by atoms with van der Waals surface area (Å²) in [6.45, 7) is 2.33. The van der Waals surface area contributed by atoms with Crippen molar-refractivity contribution in [2.75, 3.05) is 19.7 Å². The van der Waals surface area contributed by atoms with Crippen LogP contribution in [0.4, 0.5) is 0 Å². The number of morpholine rings is 1. The molecule has 0 saturated carbocycles. The summed E-state index contributed by atoms with van der Waals surface area (Å²) in [5.74, 6) is -0.904. The van der Waals surface area contributed by atoms with Crippen LogP contribution < -0.4 is 0 Å². The van der Waals surface area contributed by atoms with E-state index >= 15 is 0 Å². The summed E-state index contributed by atoms with van der Waals surface area (Å²) in [7, 11) is 0. The maximum Gasteiger partial charge on any atom is 0.334 e. The SMILES string of the molecule is CCc1nc(C(=O)N2CCOC(C(=O)O)C2)nn1-c1ccccc1Cl. The molecule has 0 radical (unpaired) electrons. The zero-order valence-electron chi connectivity index (χ0n) is 13.6. The van der Waals surface area contributed by atoms with Crippen LogP contribution in [0.5, 0.6) is 0 Å². The van der Waals surface area contributed by atoms with Crippen molar-refractivity contribution in [3.63, 3.8) is 0 Å². The number of aryl methyl sites for hydroxylation is 1. The molecule has 1 aliphatic rings. The Bertz CT molecular complexity index is 807. The van der Waals surface area contributed by atoms with Crippen LogP contribution >= 0.6 is 11.6 Å². The van der Waals surface area contributed by atoms with E-state index in [1.165, 1.54) is 4.90 Å². The molecule has 0 spiro atoms. The highest BCUT2D eigenvalue weighted by atomic mass is 35.5. The molecule has 1 unspecified atom stereocenters. The van der Waals surface area contributed by atoms with E-state index in [1.807, 2.05) is 13.0 Å². The Hall–Kier alpha value is -2.45. The van der Waals surface area contributed by atoms with Gasteiger partial charge >= 0.3 is 5.97 Å². The fourth-order valence-corrected chi connectivity index (χ4v) is 2.82. The first-order valence-electron chi connectivity index (χ1n) is 7.85.